The van der Waals surface area contributed by atoms with E-state index in [1.807, 2.05) is 6.07 Å². The molecule has 1 fully saturated rings. The van der Waals surface area contributed by atoms with Gasteiger partial charge in [-0.1, -0.05) is 29.8 Å². The Morgan fingerprint density at radius 1 is 1.17 bits per heavy atom. The van der Waals surface area contributed by atoms with E-state index in [9.17, 15) is 4.79 Å². The van der Waals surface area contributed by atoms with Crippen LogP contribution in [0.3, 0.4) is 0 Å². The summed E-state index contributed by atoms with van der Waals surface area (Å²) in [6, 6.07) is 13.9. The van der Waals surface area contributed by atoms with Crippen LogP contribution in [0.15, 0.2) is 48.7 Å². The predicted molar refractivity (Wildman–Crippen MR) is 92.1 cm³/mol. The number of benzene rings is 1. The number of anilines is 2. The highest BCUT2D eigenvalue weighted by atomic mass is 35.5. The zero-order valence-corrected chi connectivity index (χ0v) is 13.6. The van der Waals surface area contributed by atoms with Crippen molar-refractivity contribution in [2.24, 2.45) is 0 Å². The highest BCUT2D eigenvalue weighted by Crippen LogP contribution is 2.17. The molecule has 0 unspecified atom stereocenters. The molecule has 1 aliphatic rings. The van der Waals surface area contributed by atoms with E-state index in [4.69, 9.17) is 11.6 Å². The normalized spacial score (nSPS) is 15.4. The van der Waals surface area contributed by atoms with Crippen molar-refractivity contribution in [2.75, 3.05) is 42.9 Å². The van der Waals surface area contributed by atoms with E-state index in [0.29, 0.717) is 17.4 Å². The minimum Gasteiger partial charge on any atom is -0.360 e. The highest BCUT2D eigenvalue weighted by molar-refractivity contribution is 6.32. The first kappa shape index (κ1) is 15.8. The molecule has 23 heavy (non-hydrogen) atoms. The lowest BCUT2D eigenvalue weighted by Crippen LogP contribution is -3.15. The monoisotopic (exact) mass is 331 g/mol. The molecule has 5 nitrogen and oxygen atoms in total. The molecule has 2 N–H and O–H groups in total. The lowest BCUT2D eigenvalue weighted by Gasteiger charge is -2.33. The minimum absolute atomic E-state index is 0.0249. The molecule has 0 atom stereocenters. The van der Waals surface area contributed by atoms with Gasteiger partial charge in [0.05, 0.1) is 31.9 Å². The maximum atomic E-state index is 12.2. The Morgan fingerprint density at radius 2 is 1.91 bits per heavy atom. The number of carbonyl (C=O) groups is 1. The molecule has 1 aliphatic heterocycles. The van der Waals surface area contributed by atoms with Crippen LogP contribution in [-0.2, 0) is 4.79 Å². The first-order valence-electron chi connectivity index (χ1n) is 7.76. The van der Waals surface area contributed by atoms with Crippen LogP contribution in [0.25, 0.3) is 0 Å². The van der Waals surface area contributed by atoms with Crippen LogP contribution in [0, 0.1) is 0 Å². The van der Waals surface area contributed by atoms with Gasteiger partial charge in [0.1, 0.15) is 0 Å². The Labute approximate surface area is 140 Å². The van der Waals surface area contributed by atoms with Gasteiger partial charge in [0.15, 0.2) is 11.7 Å². The number of amides is 1. The fraction of sp³-hybridized carbons (Fsp3) is 0.294. The maximum absolute atomic E-state index is 12.2. The summed E-state index contributed by atoms with van der Waals surface area (Å²) < 4.78 is 0. The average Bonchev–Trinajstić information content (AvgIpc) is 2.58. The van der Waals surface area contributed by atoms with Gasteiger partial charge in [-0.25, -0.2) is 4.98 Å². The number of hydrogen-bond donors (Lipinski definition) is 2. The van der Waals surface area contributed by atoms with Crippen molar-refractivity contribution in [3.8, 4) is 0 Å². The number of nitrogens with one attached hydrogen (secondary N) is 2. The molecule has 1 aromatic carbocycles. The zero-order chi connectivity index (χ0) is 16.1. The summed E-state index contributed by atoms with van der Waals surface area (Å²) in [5.41, 5.74) is 1.82. The summed E-state index contributed by atoms with van der Waals surface area (Å²) in [5.74, 6) is -0.0249. The molecule has 1 amide bonds. The van der Waals surface area contributed by atoms with Gasteiger partial charge < -0.3 is 15.1 Å². The van der Waals surface area contributed by atoms with Crippen LogP contribution >= 0.6 is 11.6 Å². The molecule has 0 bridgehead atoms. The van der Waals surface area contributed by atoms with E-state index < -0.39 is 0 Å². The van der Waals surface area contributed by atoms with Crippen molar-refractivity contribution >= 4 is 28.9 Å². The van der Waals surface area contributed by atoms with Gasteiger partial charge in [-0.15, -0.1) is 0 Å². The second kappa shape index (κ2) is 7.44. The standard InChI is InChI=1S/C17H19ClN4O/c18-17-15(7-4-8-19-17)20-16(23)13-21-9-11-22(12-10-21)14-5-2-1-3-6-14/h1-8H,9-13H2,(H,20,23)/p+1. The molecule has 2 aromatic rings. The van der Waals surface area contributed by atoms with Crippen LogP contribution < -0.4 is 15.1 Å². The van der Waals surface area contributed by atoms with Gasteiger partial charge in [0, 0.05) is 11.9 Å². The zero-order valence-electron chi connectivity index (χ0n) is 12.8. The Morgan fingerprint density at radius 3 is 2.61 bits per heavy atom. The molecule has 2 heterocycles. The van der Waals surface area contributed by atoms with Gasteiger partial charge >= 0.3 is 0 Å². The van der Waals surface area contributed by atoms with Crippen LogP contribution in [-0.4, -0.2) is 43.6 Å². The van der Waals surface area contributed by atoms with Crippen LogP contribution in [0.5, 0.6) is 0 Å². The topological polar surface area (TPSA) is 49.7 Å². The number of para-hydroxylation sites is 1. The number of aromatic nitrogens is 1. The van der Waals surface area contributed by atoms with Crippen LogP contribution in [0.4, 0.5) is 11.4 Å². The fourth-order valence-electron chi connectivity index (χ4n) is 2.80. The average molecular weight is 332 g/mol. The van der Waals surface area contributed by atoms with Gasteiger partial charge in [0.25, 0.3) is 5.91 Å². The predicted octanol–water partition coefficient (Wildman–Crippen LogP) is 1.08. The second-order valence-electron chi connectivity index (χ2n) is 5.64. The van der Waals surface area contributed by atoms with E-state index in [2.05, 4.69) is 39.5 Å². The molecule has 0 saturated carbocycles. The largest absolute Gasteiger partial charge is 0.360 e. The third-order valence-electron chi connectivity index (χ3n) is 4.04. The van der Waals surface area contributed by atoms with Crippen molar-refractivity contribution in [3.63, 3.8) is 0 Å². The van der Waals surface area contributed by atoms with Crippen molar-refractivity contribution in [1.82, 2.24) is 4.98 Å². The molecular formula is C17H20ClN4O+. The van der Waals surface area contributed by atoms with Gasteiger partial charge in [-0.3, -0.25) is 4.79 Å². The van der Waals surface area contributed by atoms with Crippen molar-refractivity contribution in [3.05, 3.63) is 53.8 Å². The number of carbonyl (C=O) groups excluding carboxylic acids is 1. The maximum Gasteiger partial charge on any atom is 0.279 e. The number of rotatable bonds is 4. The van der Waals surface area contributed by atoms with E-state index in [1.165, 1.54) is 10.6 Å². The van der Waals surface area contributed by atoms with Crippen molar-refractivity contribution in [1.29, 1.82) is 0 Å². The van der Waals surface area contributed by atoms with E-state index >= 15 is 0 Å². The molecular weight excluding hydrogens is 312 g/mol. The third-order valence-corrected chi connectivity index (χ3v) is 4.34. The SMILES string of the molecule is O=C(C[NH+]1CCN(c2ccccc2)CC1)Nc1cccnc1Cl. The molecule has 1 saturated heterocycles. The van der Waals surface area contributed by atoms with E-state index in [-0.39, 0.29) is 5.91 Å². The van der Waals surface area contributed by atoms with Gasteiger partial charge in [-0.05, 0) is 24.3 Å². The molecule has 1 aromatic heterocycles. The summed E-state index contributed by atoms with van der Waals surface area (Å²) >= 11 is 5.96. The fourth-order valence-corrected chi connectivity index (χ4v) is 2.96. The highest BCUT2D eigenvalue weighted by Gasteiger charge is 2.22. The van der Waals surface area contributed by atoms with E-state index in [0.717, 1.165) is 26.2 Å². The summed E-state index contributed by atoms with van der Waals surface area (Å²) in [6.07, 6.45) is 1.60. The second-order valence-corrected chi connectivity index (χ2v) is 6.00. The Bertz CT molecular complexity index is 657. The number of quaternary nitrogens is 1. The summed E-state index contributed by atoms with van der Waals surface area (Å²) in [6.45, 7) is 4.26. The van der Waals surface area contributed by atoms with Gasteiger partial charge in [-0.2, -0.15) is 0 Å². The van der Waals surface area contributed by atoms with Gasteiger partial charge in [0.2, 0.25) is 0 Å². The first-order valence-corrected chi connectivity index (χ1v) is 8.14. The van der Waals surface area contributed by atoms with Crippen LogP contribution in [0.2, 0.25) is 5.15 Å². The smallest absolute Gasteiger partial charge is 0.279 e. The lowest BCUT2D eigenvalue weighted by atomic mass is 10.2. The summed E-state index contributed by atoms with van der Waals surface area (Å²) in [4.78, 5) is 19.8. The Hall–Kier alpha value is -2.11. The molecule has 120 valence electrons. The summed E-state index contributed by atoms with van der Waals surface area (Å²) in [5, 5.41) is 3.16. The molecule has 6 heteroatoms. The third kappa shape index (κ3) is 4.21. The summed E-state index contributed by atoms with van der Waals surface area (Å²) in [7, 11) is 0. The number of piperazine rings is 1. The number of nitrogens with zero attached hydrogens (tertiary/aromatic N) is 2. The number of halogens is 1. The Kier molecular flexibility index (Phi) is 5.10. The Balaban J connectivity index is 1.49. The minimum atomic E-state index is -0.0249. The molecule has 0 spiro atoms. The molecule has 0 radical (unpaired) electrons. The number of pyridine rings is 1. The first-order chi connectivity index (χ1) is 11.2. The number of hydrogen-bond acceptors (Lipinski definition) is 3. The quantitative estimate of drug-likeness (QED) is 0.824. The van der Waals surface area contributed by atoms with Crippen molar-refractivity contribution < 1.29 is 9.69 Å². The lowest BCUT2D eigenvalue weighted by molar-refractivity contribution is -0.892. The van der Waals surface area contributed by atoms with E-state index in [1.54, 1.807) is 18.3 Å². The van der Waals surface area contributed by atoms with Crippen molar-refractivity contribution in [2.45, 2.75) is 0 Å². The van der Waals surface area contributed by atoms with Crippen LogP contribution in [0.1, 0.15) is 0 Å². The molecule has 0 aliphatic carbocycles. The molecule has 3 rings (SSSR count).